The molecule has 6 nitrogen and oxygen atoms in total. The summed E-state index contributed by atoms with van der Waals surface area (Å²) in [5.41, 5.74) is 4.90. The van der Waals surface area contributed by atoms with Crippen LogP contribution in [0.3, 0.4) is 0 Å². The highest BCUT2D eigenvalue weighted by molar-refractivity contribution is 6.03. The highest BCUT2D eigenvalue weighted by Crippen LogP contribution is 2.41. The van der Waals surface area contributed by atoms with Crippen LogP contribution >= 0.6 is 0 Å². The molecule has 1 spiro atoms. The molecule has 5 rings (SSSR count). The minimum Gasteiger partial charge on any atom is -0.486 e. The third-order valence-corrected chi connectivity index (χ3v) is 7.38. The minimum absolute atomic E-state index is 0.125. The average molecular weight is 472 g/mol. The summed E-state index contributed by atoms with van der Waals surface area (Å²) < 4.78 is 6.46. The number of hydrogen-bond donors (Lipinski definition) is 1. The van der Waals surface area contributed by atoms with Crippen molar-refractivity contribution >= 4 is 17.4 Å². The summed E-state index contributed by atoms with van der Waals surface area (Å²) in [6.45, 7) is 9.53. The Balaban J connectivity index is 1.26. The lowest BCUT2D eigenvalue weighted by molar-refractivity contribution is -0.0153. The van der Waals surface area contributed by atoms with Crippen molar-refractivity contribution in [3.05, 3.63) is 65.2 Å². The first kappa shape index (κ1) is 23.5. The van der Waals surface area contributed by atoms with Crippen LogP contribution in [0.2, 0.25) is 0 Å². The first-order chi connectivity index (χ1) is 16.8. The van der Waals surface area contributed by atoms with E-state index in [1.807, 2.05) is 55.5 Å². The maximum absolute atomic E-state index is 13.1. The fourth-order valence-corrected chi connectivity index (χ4v) is 5.20. The Bertz CT molecular complexity index is 1200. The molecule has 0 atom stereocenters. The van der Waals surface area contributed by atoms with Gasteiger partial charge in [0.05, 0.1) is 30.8 Å². The Kier molecular flexibility index (Phi) is 6.32. The summed E-state index contributed by atoms with van der Waals surface area (Å²) in [4.78, 5) is 32.5. The van der Waals surface area contributed by atoms with E-state index in [1.54, 1.807) is 0 Å². The fraction of sp³-hybridized carbons (Fsp3) is 0.414. The van der Waals surface area contributed by atoms with Crippen molar-refractivity contribution in [2.24, 2.45) is 4.99 Å². The number of aliphatic imine (C=N–C) groups is 1. The van der Waals surface area contributed by atoms with Crippen LogP contribution in [0.5, 0.6) is 5.75 Å². The molecule has 3 heterocycles. The summed E-state index contributed by atoms with van der Waals surface area (Å²) in [6, 6.07) is 13.8. The number of hydrogen-bond acceptors (Lipinski definition) is 5. The van der Waals surface area contributed by atoms with Gasteiger partial charge in [-0.15, -0.1) is 0 Å². The van der Waals surface area contributed by atoms with Gasteiger partial charge in [-0.3, -0.25) is 14.6 Å². The molecule has 35 heavy (non-hydrogen) atoms. The fourth-order valence-electron chi connectivity index (χ4n) is 5.20. The lowest BCUT2D eigenvalue weighted by Crippen LogP contribution is -2.52. The second kappa shape index (κ2) is 9.42. The molecular weight excluding hydrogens is 438 g/mol. The molecule has 1 amide bonds. The molecule has 2 aromatic carbocycles. The lowest BCUT2D eigenvalue weighted by Gasteiger charge is -2.45. The van der Waals surface area contributed by atoms with E-state index in [2.05, 4.69) is 29.1 Å². The van der Waals surface area contributed by atoms with Gasteiger partial charge in [0.2, 0.25) is 0 Å². The van der Waals surface area contributed by atoms with Crippen molar-refractivity contribution in [1.29, 1.82) is 0 Å². The molecule has 0 radical (unpaired) electrons. The predicted octanol–water partition coefficient (Wildman–Crippen LogP) is 4.69. The van der Waals surface area contributed by atoms with Gasteiger partial charge in [0.25, 0.3) is 5.91 Å². The molecular formula is C29H33N3O3. The molecule has 0 saturated carbocycles. The molecule has 1 saturated heterocycles. The van der Waals surface area contributed by atoms with Gasteiger partial charge in [-0.05, 0) is 62.2 Å². The molecule has 0 unspecified atom stereocenters. The summed E-state index contributed by atoms with van der Waals surface area (Å²) in [5, 5.41) is 2.93. The van der Waals surface area contributed by atoms with E-state index in [4.69, 9.17) is 4.74 Å². The third-order valence-electron chi connectivity index (χ3n) is 7.38. The van der Waals surface area contributed by atoms with E-state index in [-0.39, 0.29) is 17.3 Å². The van der Waals surface area contributed by atoms with E-state index in [0.717, 1.165) is 42.8 Å². The van der Waals surface area contributed by atoms with E-state index in [9.17, 15) is 9.59 Å². The van der Waals surface area contributed by atoms with Gasteiger partial charge in [-0.1, -0.05) is 23.8 Å². The van der Waals surface area contributed by atoms with Gasteiger partial charge < -0.3 is 15.0 Å². The van der Waals surface area contributed by atoms with Gasteiger partial charge in [0.15, 0.2) is 5.78 Å². The summed E-state index contributed by atoms with van der Waals surface area (Å²) in [7, 11) is 0. The van der Waals surface area contributed by atoms with Gasteiger partial charge in [0, 0.05) is 37.5 Å². The van der Waals surface area contributed by atoms with E-state index >= 15 is 0 Å². The van der Waals surface area contributed by atoms with Crippen LogP contribution in [0.15, 0.2) is 59.1 Å². The van der Waals surface area contributed by atoms with E-state index in [1.165, 1.54) is 5.57 Å². The van der Waals surface area contributed by atoms with E-state index in [0.29, 0.717) is 42.4 Å². The number of likely N-dealkylation sites (tertiary alicyclic amines) is 1. The van der Waals surface area contributed by atoms with Crippen LogP contribution in [-0.4, -0.2) is 60.1 Å². The van der Waals surface area contributed by atoms with Crippen LogP contribution in [0.25, 0.3) is 11.1 Å². The number of piperidine rings is 1. The molecule has 1 fully saturated rings. The maximum Gasteiger partial charge on any atom is 0.251 e. The normalized spacial score (nSPS) is 19.3. The number of amides is 1. The topological polar surface area (TPSA) is 71.0 Å². The molecule has 0 aromatic heterocycles. The van der Waals surface area contributed by atoms with Crippen LogP contribution in [0.4, 0.5) is 0 Å². The summed E-state index contributed by atoms with van der Waals surface area (Å²) in [6.07, 6.45) is 4.21. The molecule has 1 N–H and O–H groups in total. The van der Waals surface area contributed by atoms with Crippen LogP contribution < -0.4 is 10.1 Å². The summed E-state index contributed by atoms with van der Waals surface area (Å²) >= 11 is 0. The number of nitrogens with one attached hydrogen (secondary N) is 1. The lowest BCUT2D eigenvalue weighted by atomic mass is 9.81. The average Bonchev–Trinajstić information content (AvgIpc) is 3.28. The molecule has 182 valence electrons. The standard InChI is InChI=1S/C29H33N3O3/c1-19(2)32-12-10-29(11-13-32)16-26(33)25-15-23(8-9-27(25)35-29)21-4-6-22(7-5-21)28(34)31-18-24-14-20(3)17-30-24/h4-9,14-15,19H,10-13,16-18H2,1-3H3,(H,31,34). The second-order valence-electron chi connectivity index (χ2n) is 10.3. The zero-order valence-corrected chi connectivity index (χ0v) is 20.8. The van der Waals surface area contributed by atoms with Gasteiger partial charge in [0.1, 0.15) is 11.4 Å². The molecule has 3 aliphatic heterocycles. The zero-order chi connectivity index (χ0) is 24.6. The monoisotopic (exact) mass is 471 g/mol. The number of ketones is 1. The summed E-state index contributed by atoms with van der Waals surface area (Å²) in [5.74, 6) is 0.722. The Morgan fingerprint density at radius 2 is 1.83 bits per heavy atom. The molecule has 3 aliphatic rings. The molecule has 0 bridgehead atoms. The number of rotatable bonds is 5. The number of ether oxygens (including phenoxy) is 1. The number of Topliss-reactive ketones (excluding diaryl/α,β-unsaturated/α-hetero) is 1. The van der Waals surface area contributed by atoms with Gasteiger partial charge in [-0.2, -0.15) is 0 Å². The minimum atomic E-state index is -0.370. The SMILES string of the molecule is CC1=CC(CNC(=O)c2ccc(-c3ccc4c(c3)C(=O)CC3(CCN(C(C)C)CC3)O4)cc2)=NC1. The quantitative estimate of drug-likeness (QED) is 0.687. The Hall–Kier alpha value is -3.25. The molecule has 6 heteroatoms. The zero-order valence-electron chi connectivity index (χ0n) is 20.8. The van der Waals surface area contributed by atoms with Crippen LogP contribution in [0.1, 0.15) is 60.7 Å². The Morgan fingerprint density at radius 1 is 1.11 bits per heavy atom. The van der Waals surface area contributed by atoms with Crippen LogP contribution in [-0.2, 0) is 0 Å². The third kappa shape index (κ3) is 4.94. The number of carbonyl (C=O) groups is 2. The van der Waals surface area contributed by atoms with Gasteiger partial charge in [-0.25, -0.2) is 0 Å². The van der Waals surface area contributed by atoms with Crippen molar-refractivity contribution in [2.45, 2.75) is 51.7 Å². The first-order valence-electron chi connectivity index (χ1n) is 12.5. The Labute approximate surface area is 207 Å². The van der Waals surface area contributed by atoms with Crippen molar-refractivity contribution in [1.82, 2.24) is 10.2 Å². The van der Waals surface area contributed by atoms with Crippen molar-refractivity contribution < 1.29 is 14.3 Å². The second-order valence-corrected chi connectivity index (χ2v) is 10.3. The number of nitrogens with zero attached hydrogens (tertiary/aromatic N) is 2. The number of fused-ring (bicyclic) bond motifs is 1. The largest absolute Gasteiger partial charge is 0.486 e. The highest BCUT2D eigenvalue weighted by atomic mass is 16.5. The van der Waals surface area contributed by atoms with Crippen molar-refractivity contribution in [3.8, 4) is 16.9 Å². The molecule has 0 aliphatic carbocycles. The first-order valence-corrected chi connectivity index (χ1v) is 12.5. The van der Waals surface area contributed by atoms with E-state index < -0.39 is 0 Å². The van der Waals surface area contributed by atoms with Crippen molar-refractivity contribution in [2.75, 3.05) is 26.2 Å². The molecule has 2 aromatic rings. The predicted molar refractivity (Wildman–Crippen MR) is 139 cm³/mol. The highest BCUT2D eigenvalue weighted by Gasteiger charge is 2.43. The maximum atomic E-state index is 13.1. The number of benzene rings is 2. The van der Waals surface area contributed by atoms with Gasteiger partial charge >= 0.3 is 0 Å². The number of carbonyl (C=O) groups excluding carboxylic acids is 2. The van der Waals surface area contributed by atoms with Crippen molar-refractivity contribution in [3.63, 3.8) is 0 Å². The van der Waals surface area contributed by atoms with Crippen LogP contribution in [0, 0.1) is 0 Å². The Morgan fingerprint density at radius 3 is 2.49 bits per heavy atom. The smallest absolute Gasteiger partial charge is 0.251 e.